The summed E-state index contributed by atoms with van der Waals surface area (Å²) in [6.07, 6.45) is 4.24. The monoisotopic (exact) mass is 326 g/mol. The summed E-state index contributed by atoms with van der Waals surface area (Å²) in [6.45, 7) is 5.59. The molecule has 5 heteroatoms. The molecule has 0 radical (unpaired) electrons. The topological polar surface area (TPSA) is 66.4 Å². The highest BCUT2D eigenvalue weighted by Crippen LogP contribution is 2.07. The van der Waals surface area contributed by atoms with E-state index < -0.39 is 0 Å². The van der Waals surface area contributed by atoms with E-state index in [2.05, 4.69) is 34.6 Å². The molecule has 2 aromatic rings. The summed E-state index contributed by atoms with van der Waals surface area (Å²) in [4.78, 5) is 27.9. The molecule has 0 saturated carbocycles. The number of ketones is 1. The van der Waals surface area contributed by atoms with Crippen LogP contribution in [-0.2, 0) is 13.1 Å². The second-order valence-corrected chi connectivity index (χ2v) is 6.49. The highest BCUT2D eigenvalue weighted by molar-refractivity contribution is 5.99. The molecular weight excluding hydrogens is 302 g/mol. The molecule has 0 unspecified atom stereocenters. The quantitative estimate of drug-likeness (QED) is 0.701. The molecule has 2 heterocycles. The van der Waals surface area contributed by atoms with Crippen molar-refractivity contribution in [1.82, 2.24) is 10.3 Å². The zero-order valence-electron chi connectivity index (χ0n) is 14.0. The van der Waals surface area contributed by atoms with Gasteiger partial charge in [-0.05, 0) is 18.6 Å². The number of rotatable bonds is 6. The van der Waals surface area contributed by atoms with E-state index in [4.69, 9.17) is 0 Å². The largest absolute Gasteiger partial charge is 0.356 e. The smallest absolute Gasteiger partial charge is 0.267 e. The number of carbonyl (C=O) groups is 2. The maximum atomic E-state index is 12.1. The van der Waals surface area contributed by atoms with Gasteiger partial charge >= 0.3 is 0 Å². The van der Waals surface area contributed by atoms with E-state index in [1.54, 1.807) is 17.2 Å². The minimum atomic E-state index is -0.201. The van der Waals surface area contributed by atoms with Crippen LogP contribution in [0.4, 0.5) is 0 Å². The lowest BCUT2D eigenvalue weighted by molar-refractivity contribution is -0.901. The third kappa shape index (κ3) is 4.11. The van der Waals surface area contributed by atoms with E-state index in [0.717, 1.165) is 12.1 Å². The van der Waals surface area contributed by atoms with Gasteiger partial charge in [-0.2, -0.15) is 0 Å². The number of nitrogens with one attached hydrogen (secondary N) is 3. The Morgan fingerprint density at radius 2 is 1.79 bits per heavy atom. The zero-order valence-corrected chi connectivity index (χ0v) is 14.0. The molecule has 1 fully saturated rings. The Bertz CT molecular complexity index is 712. The normalized spacial score (nSPS) is 14.7. The number of carbonyl (C=O) groups excluding carboxylic acids is 2. The fraction of sp³-hybridized carbons (Fsp3) is 0.368. The van der Waals surface area contributed by atoms with Crippen LogP contribution < -0.4 is 10.2 Å². The van der Waals surface area contributed by atoms with Gasteiger partial charge in [0.2, 0.25) is 0 Å². The summed E-state index contributed by atoms with van der Waals surface area (Å²) in [5.41, 5.74) is 3.35. The van der Waals surface area contributed by atoms with Crippen molar-refractivity contribution in [3.63, 3.8) is 0 Å². The van der Waals surface area contributed by atoms with Gasteiger partial charge in [0.15, 0.2) is 5.78 Å². The van der Waals surface area contributed by atoms with Crippen LogP contribution in [-0.4, -0.2) is 29.8 Å². The van der Waals surface area contributed by atoms with Crippen LogP contribution in [0.2, 0.25) is 0 Å². The van der Waals surface area contributed by atoms with Crippen molar-refractivity contribution in [2.75, 3.05) is 13.1 Å². The Labute approximate surface area is 142 Å². The van der Waals surface area contributed by atoms with E-state index in [9.17, 15) is 9.59 Å². The highest BCUT2D eigenvalue weighted by atomic mass is 16.2. The van der Waals surface area contributed by atoms with Gasteiger partial charge in [0, 0.05) is 36.7 Å². The molecule has 0 spiro atoms. The van der Waals surface area contributed by atoms with Gasteiger partial charge in [-0.15, -0.1) is 0 Å². The summed E-state index contributed by atoms with van der Waals surface area (Å²) in [7, 11) is 0. The van der Waals surface area contributed by atoms with Gasteiger partial charge in [-0.25, -0.2) is 0 Å². The molecule has 3 rings (SSSR count). The maximum Gasteiger partial charge on any atom is 0.267 e. The number of amides is 1. The first kappa shape index (κ1) is 16.5. The fourth-order valence-corrected chi connectivity index (χ4v) is 3.12. The van der Waals surface area contributed by atoms with E-state index in [0.29, 0.717) is 17.8 Å². The fourth-order valence-electron chi connectivity index (χ4n) is 3.12. The average molecular weight is 326 g/mol. The predicted octanol–water partition coefficient (Wildman–Crippen LogP) is 1.33. The maximum absolute atomic E-state index is 12.1. The van der Waals surface area contributed by atoms with Crippen molar-refractivity contribution >= 4 is 11.7 Å². The van der Waals surface area contributed by atoms with E-state index in [1.807, 2.05) is 0 Å². The van der Waals surface area contributed by atoms with Crippen molar-refractivity contribution in [3.8, 4) is 0 Å². The van der Waals surface area contributed by atoms with Crippen molar-refractivity contribution < 1.29 is 14.5 Å². The standard InChI is InChI=1S/C19H23N3O2/c1-14(23)17-10-18(20-12-17)19(24)21-11-15-4-6-16(7-5-15)13-22-8-2-3-9-22/h4-7,10,12,20H,2-3,8-9,11,13H2,1H3,(H,21,24)/p+1. The van der Waals surface area contributed by atoms with E-state index in [1.165, 1.54) is 38.4 Å². The van der Waals surface area contributed by atoms with Crippen LogP contribution in [0.1, 0.15) is 51.7 Å². The predicted molar refractivity (Wildman–Crippen MR) is 92.0 cm³/mol. The van der Waals surface area contributed by atoms with Crippen LogP contribution in [0, 0.1) is 0 Å². The van der Waals surface area contributed by atoms with E-state index >= 15 is 0 Å². The molecule has 0 atom stereocenters. The number of hydrogen-bond donors (Lipinski definition) is 3. The summed E-state index contributed by atoms with van der Waals surface area (Å²) < 4.78 is 0. The molecule has 3 N–H and O–H groups in total. The molecular formula is C19H24N3O2+. The van der Waals surface area contributed by atoms with Crippen molar-refractivity contribution in [2.24, 2.45) is 0 Å². The van der Waals surface area contributed by atoms with Crippen LogP contribution in [0.25, 0.3) is 0 Å². The molecule has 1 aromatic heterocycles. The molecule has 24 heavy (non-hydrogen) atoms. The first-order valence-electron chi connectivity index (χ1n) is 8.51. The van der Waals surface area contributed by atoms with Gasteiger partial charge < -0.3 is 15.2 Å². The number of H-pyrrole nitrogens is 1. The van der Waals surface area contributed by atoms with Gasteiger partial charge in [0.1, 0.15) is 12.2 Å². The third-order valence-corrected chi connectivity index (χ3v) is 4.57. The lowest BCUT2D eigenvalue weighted by Gasteiger charge is -2.12. The Morgan fingerprint density at radius 3 is 2.42 bits per heavy atom. The Kier molecular flexibility index (Phi) is 5.11. The number of quaternary nitrogens is 1. The third-order valence-electron chi connectivity index (χ3n) is 4.57. The molecule has 1 amide bonds. The summed E-state index contributed by atoms with van der Waals surface area (Å²) >= 11 is 0. The molecule has 126 valence electrons. The zero-order chi connectivity index (χ0) is 16.9. The second-order valence-electron chi connectivity index (χ2n) is 6.49. The number of benzene rings is 1. The molecule has 1 saturated heterocycles. The molecule has 1 aliphatic rings. The summed E-state index contributed by atoms with van der Waals surface area (Å²) in [5.74, 6) is -0.255. The first-order chi connectivity index (χ1) is 11.6. The molecule has 0 bridgehead atoms. The van der Waals surface area contributed by atoms with Crippen LogP contribution in [0.15, 0.2) is 36.5 Å². The summed E-state index contributed by atoms with van der Waals surface area (Å²) in [6, 6.07) is 10.0. The molecule has 0 aliphatic carbocycles. The Hall–Kier alpha value is -2.40. The lowest BCUT2D eigenvalue weighted by atomic mass is 10.1. The van der Waals surface area contributed by atoms with Crippen molar-refractivity contribution in [1.29, 1.82) is 0 Å². The number of Topliss-reactive ketones (excluding diaryl/α,β-unsaturated/α-hetero) is 1. The van der Waals surface area contributed by atoms with Crippen molar-refractivity contribution in [3.05, 3.63) is 58.9 Å². The number of hydrogen-bond acceptors (Lipinski definition) is 2. The van der Waals surface area contributed by atoms with Gasteiger partial charge in [-0.3, -0.25) is 9.59 Å². The summed E-state index contributed by atoms with van der Waals surface area (Å²) in [5, 5.41) is 2.87. The first-order valence-corrected chi connectivity index (χ1v) is 8.51. The van der Waals surface area contributed by atoms with Gasteiger partial charge in [0.05, 0.1) is 13.1 Å². The van der Waals surface area contributed by atoms with Crippen LogP contribution >= 0.6 is 0 Å². The van der Waals surface area contributed by atoms with E-state index in [-0.39, 0.29) is 11.7 Å². The molecule has 1 aromatic carbocycles. The van der Waals surface area contributed by atoms with Gasteiger partial charge in [0.25, 0.3) is 5.91 Å². The SMILES string of the molecule is CC(=O)c1c[nH]c(C(=O)NCc2ccc(C[NH+]3CCCC3)cc2)c1. The second kappa shape index (κ2) is 7.45. The van der Waals surface area contributed by atoms with Crippen LogP contribution in [0.3, 0.4) is 0 Å². The minimum absolute atomic E-state index is 0.0546. The Morgan fingerprint density at radius 1 is 1.12 bits per heavy atom. The number of aromatic nitrogens is 1. The number of aromatic amines is 1. The molecule has 1 aliphatic heterocycles. The lowest BCUT2D eigenvalue weighted by Crippen LogP contribution is -3.08. The number of likely N-dealkylation sites (tertiary alicyclic amines) is 1. The van der Waals surface area contributed by atoms with Crippen molar-refractivity contribution in [2.45, 2.75) is 32.9 Å². The highest BCUT2D eigenvalue weighted by Gasteiger charge is 2.15. The van der Waals surface area contributed by atoms with Crippen LogP contribution in [0.5, 0.6) is 0 Å². The minimum Gasteiger partial charge on any atom is -0.356 e. The molecule has 5 nitrogen and oxygen atoms in total. The average Bonchev–Trinajstić information content (AvgIpc) is 3.25. The van der Waals surface area contributed by atoms with Gasteiger partial charge in [-0.1, -0.05) is 24.3 Å². The Balaban J connectivity index is 1.52.